The van der Waals surface area contributed by atoms with Crippen molar-refractivity contribution >= 4 is 33.6 Å². The minimum absolute atomic E-state index is 0.0495. The Morgan fingerprint density at radius 3 is 2.74 bits per heavy atom. The average molecular weight is 383 g/mol. The molecular weight excluding hydrogens is 372 g/mol. The molecule has 0 aliphatic carbocycles. The Balaban J connectivity index is 1.99. The minimum atomic E-state index is -0.950. The number of hydrogen-bond acceptors (Lipinski definition) is 6. The maximum absolute atomic E-state index is 11.8. The molecule has 2 rings (SSSR count). The van der Waals surface area contributed by atoms with Gasteiger partial charge in [0.2, 0.25) is 0 Å². The molecule has 0 spiro atoms. The second kappa shape index (κ2) is 7.01. The van der Waals surface area contributed by atoms with Crippen molar-refractivity contribution in [1.82, 2.24) is 9.78 Å². The van der Waals surface area contributed by atoms with E-state index in [4.69, 9.17) is 10.5 Å². The third-order valence-corrected chi connectivity index (χ3v) is 3.29. The first kappa shape index (κ1) is 16.6. The number of aromatic nitrogens is 2. The summed E-state index contributed by atoms with van der Waals surface area (Å²) in [5.74, 6) is -2.12. The van der Waals surface area contributed by atoms with Crippen molar-refractivity contribution in [2.75, 3.05) is 6.61 Å². The van der Waals surface area contributed by atoms with Crippen molar-refractivity contribution in [2.24, 2.45) is 5.73 Å². The second-order valence-electron chi connectivity index (χ2n) is 4.40. The molecule has 0 bridgehead atoms. The van der Waals surface area contributed by atoms with Crippen LogP contribution < -0.4 is 5.73 Å². The average Bonchev–Trinajstić information content (AvgIpc) is 2.92. The number of hydrogen-bond donors (Lipinski definition) is 1. The molecule has 120 valence electrons. The third kappa shape index (κ3) is 4.13. The smallest absolute Gasteiger partial charge is 0.402 e. The van der Waals surface area contributed by atoms with Gasteiger partial charge in [-0.1, -0.05) is 22.0 Å². The Hall–Kier alpha value is -2.75. The summed E-state index contributed by atoms with van der Waals surface area (Å²) in [5, 5.41) is 14.4. The Kier molecular flexibility index (Phi) is 5.06. The fourth-order valence-electron chi connectivity index (χ4n) is 1.77. The lowest BCUT2D eigenvalue weighted by molar-refractivity contribution is -0.390. The van der Waals surface area contributed by atoms with Crippen LogP contribution in [-0.2, 0) is 11.3 Å². The standard InChI is InChI=1S/C13H11BrN4O5/c14-9-3-1-2-8(6-9)13(20)23-5-4-17-7-10(11(15)19)12(16-17)18(21)22/h1-3,6-7H,4-5H2,(H2,15,19). The lowest BCUT2D eigenvalue weighted by atomic mass is 10.2. The topological polar surface area (TPSA) is 130 Å². The number of amides is 1. The van der Waals surface area contributed by atoms with E-state index < -0.39 is 22.6 Å². The molecule has 9 nitrogen and oxygen atoms in total. The van der Waals surface area contributed by atoms with E-state index in [2.05, 4.69) is 21.0 Å². The highest BCUT2D eigenvalue weighted by molar-refractivity contribution is 9.10. The van der Waals surface area contributed by atoms with Gasteiger partial charge in [0.05, 0.1) is 23.4 Å². The van der Waals surface area contributed by atoms with Crippen LogP contribution in [0.2, 0.25) is 0 Å². The van der Waals surface area contributed by atoms with Gasteiger partial charge >= 0.3 is 11.8 Å². The van der Waals surface area contributed by atoms with Gasteiger partial charge in [0.15, 0.2) is 5.56 Å². The molecule has 0 aliphatic heterocycles. The van der Waals surface area contributed by atoms with E-state index in [9.17, 15) is 19.7 Å². The lowest BCUT2D eigenvalue weighted by Crippen LogP contribution is -2.12. The molecule has 0 unspecified atom stereocenters. The molecule has 1 heterocycles. The van der Waals surface area contributed by atoms with Crippen LogP contribution in [0.5, 0.6) is 0 Å². The molecule has 23 heavy (non-hydrogen) atoms. The van der Waals surface area contributed by atoms with E-state index >= 15 is 0 Å². The molecule has 1 amide bonds. The highest BCUT2D eigenvalue weighted by Gasteiger charge is 2.24. The SMILES string of the molecule is NC(=O)c1cn(CCOC(=O)c2cccc(Br)c2)nc1[N+](=O)[O-]. The van der Waals surface area contributed by atoms with Crippen LogP contribution in [0.25, 0.3) is 0 Å². The minimum Gasteiger partial charge on any atom is -0.460 e. The Labute approximate surface area is 138 Å². The van der Waals surface area contributed by atoms with Crippen LogP contribution in [-0.4, -0.2) is 33.2 Å². The maximum atomic E-state index is 11.8. The lowest BCUT2D eigenvalue weighted by Gasteiger charge is -2.03. The predicted molar refractivity (Wildman–Crippen MR) is 81.8 cm³/mol. The third-order valence-electron chi connectivity index (χ3n) is 2.79. The van der Waals surface area contributed by atoms with Gasteiger partial charge in [-0.05, 0) is 23.1 Å². The number of nitrogens with zero attached hydrogens (tertiary/aromatic N) is 3. The summed E-state index contributed by atoms with van der Waals surface area (Å²) in [6, 6.07) is 6.66. The Morgan fingerprint density at radius 1 is 1.43 bits per heavy atom. The summed E-state index contributed by atoms with van der Waals surface area (Å²) in [6.07, 6.45) is 1.15. The summed E-state index contributed by atoms with van der Waals surface area (Å²) in [7, 11) is 0. The van der Waals surface area contributed by atoms with Gasteiger partial charge in [0.1, 0.15) is 6.61 Å². The van der Waals surface area contributed by atoms with Gasteiger partial charge in [-0.15, -0.1) is 0 Å². The number of primary amides is 1. The quantitative estimate of drug-likeness (QED) is 0.457. The number of halogens is 1. The monoisotopic (exact) mass is 382 g/mol. The molecule has 0 saturated heterocycles. The van der Waals surface area contributed by atoms with Gasteiger partial charge in [0.25, 0.3) is 5.91 Å². The molecule has 0 atom stereocenters. The number of rotatable bonds is 6. The van der Waals surface area contributed by atoms with Crippen LogP contribution in [0.3, 0.4) is 0 Å². The maximum Gasteiger partial charge on any atom is 0.402 e. The van der Waals surface area contributed by atoms with Crippen molar-refractivity contribution in [1.29, 1.82) is 0 Å². The number of nitrogens with two attached hydrogens (primary N) is 1. The Bertz CT molecular complexity index is 742. The number of esters is 1. The molecule has 0 saturated carbocycles. The number of ether oxygens (including phenoxy) is 1. The van der Waals surface area contributed by atoms with E-state index in [0.29, 0.717) is 5.56 Å². The normalized spacial score (nSPS) is 10.3. The zero-order chi connectivity index (χ0) is 17.0. The van der Waals surface area contributed by atoms with Crippen molar-refractivity contribution in [3.05, 3.63) is 56.2 Å². The fraction of sp³-hybridized carbons (Fsp3) is 0.154. The summed E-state index contributed by atoms with van der Waals surface area (Å²) >= 11 is 3.24. The van der Waals surface area contributed by atoms with Crippen molar-refractivity contribution < 1.29 is 19.2 Å². The second-order valence-corrected chi connectivity index (χ2v) is 5.31. The fourth-order valence-corrected chi connectivity index (χ4v) is 2.16. The van der Waals surface area contributed by atoms with Crippen LogP contribution >= 0.6 is 15.9 Å². The largest absolute Gasteiger partial charge is 0.460 e. The highest BCUT2D eigenvalue weighted by atomic mass is 79.9. The number of carbonyl (C=O) groups excluding carboxylic acids is 2. The van der Waals surface area contributed by atoms with Crippen LogP contribution in [0.4, 0.5) is 5.82 Å². The van der Waals surface area contributed by atoms with E-state index in [-0.39, 0.29) is 18.7 Å². The molecule has 1 aromatic carbocycles. The van der Waals surface area contributed by atoms with Crippen molar-refractivity contribution in [3.63, 3.8) is 0 Å². The number of nitro groups is 1. The van der Waals surface area contributed by atoms with Crippen LogP contribution in [0.15, 0.2) is 34.9 Å². The number of carbonyl (C=O) groups is 2. The molecule has 0 fully saturated rings. The first-order valence-electron chi connectivity index (χ1n) is 6.33. The molecule has 0 aliphatic rings. The summed E-state index contributed by atoms with van der Waals surface area (Å²) < 4.78 is 6.92. The zero-order valence-electron chi connectivity index (χ0n) is 11.6. The van der Waals surface area contributed by atoms with Crippen LogP contribution in [0, 0.1) is 10.1 Å². The van der Waals surface area contributed by atoms with Gasteiger partial charge in [-0.2, -0.15) is 4.68 Å². The zero-order valence-corrected chi connectivity index (χ0v) is 13.2. The van der Waals surface area contributed by atoms with E-state index in [1.807, 2.05) is 0 Å². The first-order chi connectivity index (χ1) is 10.9. The number of benzene rings is 1. The van der Waals surface area contributed by atoms with E-state index in [1.165, 1.54) is 0 Å². The molecule has 1 aromatic heterocycles. The molecule has 2 aromatic rings. The van der Waals surface area contributed by atoms with Gasteiger partial charge < -0.3 is 20.6 Å². The van der Waals surface area contributed by atoms with Crippen molar-refractivity contribution in [3.8, 4) is 0 Å². The first-order valence-corrected chi connectivity index (χ1v) is 7.12. The van der Waals surface area contributed by atoms with Gasteiger partial charge in [-0.25, -0.2) is 4.79 Å². The van der Waals surface area contributed by atoms with E-state index in [0.717, 1.165) is 15.4 Å². The Morgan fingerprint density at radius 2 is 2.17 bits per heavy atom. The molecule has 10 heteroatoms. The molecule has 0 radical (unpaired) electrons. The summed E-state index contributed by atoms with van der Waals surface area (Å²) in [6.45, 7) is -0.0176. The van der Waals surface area contributed by atoms with Gasteiger partial charge in [-0.3, -0.25) is 4.79 Å². The van der Waals surface area contributed by atoms with E-state index in [1.54, 1.807) is 24.3 Å². The highest BCUT2D eigenvalue weighted by Crippen LogP contribution is 2.15. The van der Waals surface area contributed by atoms with Crippen molar-refractivity contribution in [2.45, 2.75) is 6.54 Å². The molecule has 2 N–H and O–H groups in total. The molecular formula is C13H11BrN4O5. The summed E-state index contributed by atoms with van der Waals surface area (Å²) in [4.78, 5) is 32.9. The van der Waals surface area contributed by atoms with Crippen LogP contribution in [0.1, 0.15) is 20.7 Å². The summed E-state index contributed by atoms with van der Waals surface area (Å²) in [5.41, 5.74) is 5.11. The van der Waals surface area contributed by atoms with Gasteiger partial charge in [0, 0.05) is 4.47 Å². The predicted octanol–water partition coefficient (Wildman–Crippen LogP) is 1.51.